The van der Waals surface area contributed by atoms with E-state index in [2.05, 4.69) is 31.0 Å². The van der Waals surface area contributed by atoms with Crippen molar-refractivity contribution in [2.24, 2.45) is 7.05 Å². The number of aromatic nitrogens is 6. The van der Waals surface area contributed by atoms with Crippen molar-refractivity contribution in [1.82, 2.24) is 35.7 Å². The molecule has 0 spiro atoms. The highest BCUT2D eigenvalue weighted by Crippen LogP contribution is 2.04. The van der Waals surface area contributed by atoms with Crippen LogP contribution in [0, 0.1) is 6.92 Å². The van der Waals surface area contributed by atoms with Crippen molar-refractivity contribution in [3.8, 4) is 0 Å². The van der Waals surface area contributed by atoms with E-state index in [-0.39, 0.29) is 0 Å². The van der Waals surface area contributed by atoms with E-state index >= 15 is 0 Å². The number of hydrogen-bond donors (Lipinski definition) is 2. The van der Waals surface area contributed by atoms with Gasteiger partial charge >= 0.3 is 0 Å². The molecular formula is C8H13N7. The van der Waals surface area contributed by atoms with E-state index < -0.39 is 0 Å². The Bertz CT molecular complexity index is 416. The van der Waals surface area contributed by atoms with Crippen molar-refractivity contribution in [3.05, 3.63) is 23.3 Å². The Morgan fingerprint density at radius 2 is 2.33 bits per heavy atom. The van der Waals surface area contributed by atoms with Crippen LogP contribution in [0.15, 0.2) is 6.20 Å². The maximum absolute atomic E-state index is 4.16. The van der Waals surface area contributed by atoms with E-state index in [9.17, 15) is 0 Å². The molecule has 0 unspecified atom stereocenters. The second-order valence-corrected chi connectivity index (χ2v) is 3.31. The molecule has 0 aromatic carbocycles. The molecule has 0 aliphatic rings. The minimum atomic E-state index is 0.602. The SMILES string of the molecule is Cc1c(CNCc2nn[nH]n2)cnn1C. The van der Waals surface area contributed by atoms with E-state index in [0.29, 0.717) is 12.4 Å². The second-order valence-electron chi connectivity index (χ2n) is 3.31. The minimum Gasteiger partial charge on any atom is -0.305 e. The van der Waals surface area contributed by atoms with Gasteiger partial charge in [-0.1, -0.05) is 5.21 Å². The largest absolute Gasteiger partial charge is 0.305 e. The van der Waals surface area contributed by atoms with Crippen molar-refractivity contribution >= 4 is 0 Å². The van der Waals surface area contributed by atoms with Gasteiger partial charge < -0.3 is 5.32 Å². The molecule has 2 heterocycles. The maximum atomic E-state index is 4.16. The summed E-state index contributed by atoms with van der Waals surface area (Å²) in [5.74, 6) is 0.663. The molecule has 0 atom stereocenters. The summed E-state index contributed by atoms with van der Waals surface area (Å²) in [5.41, 5.74) is 2.34. The molecule has 0 radical (unpaired) electrons. The number of rotatable bonds is 4. The van der Waals surface area contributed by atoms with Gasteiger partial charge in [0.25, 0.3) is 0 Å². The molecule has 7 nitrogen and oxygen atoms in total. The first-order valence-corrected chi connectivity index (χ1v) is 4.68. The summed E-state index contributed by atoms with van der Waals surface area (Å²) in [4.78, 5) is 0. The van der Waals surface area contributed by atoms with Gasteiger partial charge in [0, 0.05) is 24.8 Å². The Morgan fingerprint density at radius 1 is 1.47 bits per heavy atom. The molecule has 0 bridgehead atoms. The lowest BCUT2D eigenvalue weighted by molar-refractivity contribution is 0.658. The summed E-state index contributed by atoms with van der Waals surface area (Å²) in [6.07, 6.45) is 1.86. The van der Waals surface area contributed by atoms with Crippen LogP contribution in [0.1, 0.15) is 17.1 Å². The molecule has 2 aromatic rings. The Kier molecular flexibility index (Phi) is 2.72. The monoisotopic (exact) mass is 207 g/mol. The fourth-order valence-corrected chi connectivity index (χ4v) is 1.28. The summed E-state index contributed by atoms with van der Waals surface area (Å²) < 4.78 is 1.85. The molecule has 15 heavy (non-hydrogen) atoms. The normalized spacial score (nSPS) is 10.8. The number of aromatic amines is 1. The molecule has 2 N–H and O–H groups in total. The number of aryl methyl sites for hydroxylation is 1. The van der Waals surface area contributed by atoms with E-state index in [0.717, 1.165) is 12.2 Å². The van der Waals surface area contributed by atoms with Gasteiger partial charge in [-0.2, -0.15) is 10.3 Å². The lowest BCUT2D eigenvalue weighted by Crippen LogP contribution is -2.14. The standard InChI is InChI=1S/C8H13N7/c1-6-7(4-10-15(6)2)3-9-5-8-11-13-14-12-8/h4,9H,3,5H2,1-2H3,(H,11,12,13,14). The van der Waals surface area contributed by atoms with E-state index in [1.54, 1.807) is 0 Å². The molecule has 0 fully saturated rings. The Hall–Kier alpha value is -1.76. The third-order valence-corrected chi connectivity index (χ3v) is 2.32. The zero-order chi connectivity index (χ0) is 10.7. The third-order valence-electron chi connectivity index (χ3n) is 2.32. The summed E-state index contributed by atoms with van der Waals surface area (Å²) in [6, 6.07) is 0. The van der Waals surface area contributed by atoms with Crippen molar-refractivity contribution in [2.75, 3.05) is 0 Å². The zero-order valence-corrected chi connectivity index (χ0v) is 8.73. The first kappa shape index (κ1) is 9.78. The number of tetrazole rings is 1. The summed E-state index contributed by atoms with van der Waals surface area (Å²) in [6.45, 7) is 3.40. The van der Waals surface area contributed by atoms with Crippen LogP contribution in [0.2, 0.25) is 0 Å². The number of H-pyrrole nitrogens is 1. The van der Waals surface area contributed by atoms with Gasteiger partial charge in [0.1, 0.15) is 0 Å². The lowest BCUT2D eigenvalue weighted by Gasteiger charge is -2.01. The van der Waals surface area contributed by atoms with Crippen LogP contribution in [-0.4, -0.2) is 30.4 Å². The highest BCUT2D eigenvalue weighted by molar-refractivity contribution is 5.15. The van der Waals surface area contributed by atoms with Gasteiger partial charge in [-0.3, -0.25) is 4.68 Å². The average molecular weight is 207 g/mol. The Morgan fingerprint density at radius 3 is 2.93 bits per heavy atom. The number of nitrogens with zero attached hydrogens (tertiary/aromatic N) is 5. The smallest absolute Gasteiger partial charge is 0.188 e. The van der Waals surface area contributed by atoms with Crippen LogP contribution >= 0.6 is 0 Å². The molecule has 0 saturated heterocycles. The van der Waals surface area contributed by atoms with Crippen molar-refractivity contribution in [1.29, 1.82) is 0 Å². The highest BCUT2D eigenvalue weighted by atomic mass is 15.5. The van der Waals surface area contributed by atoms with Crippen LogP contribution in [0.4, 0.5) is 0 Å². The first-order valence-electron chi connectivity index (χ1n) is 4.68. The number of hydrogen-bond acceptors (Lipinski definition) is 5. The molecule has 0 aliphatic heterocycles. The van der Waals surface area contributed by atoms with Gasteiger partial charge in [-0.25, -0.2) is 0 Å². The average Bonchev–Trinajstić information content (AvgIpc) is 2.83. The number of nitrogens with one attached hydrogen (secondary N) is 2. The van der Waals surface area contributed by atoms with Crippen LogP contribution in [0.25, 0.3) is 0 Å². The zero-order valence-electron chi connectivity index (χ0n) is 8.73. The summed E-state index contributed by atoms with van der Waals surface area (Å²) >= 11 is 0. The first-order chi connectivity index (χ1) is 7.27. The van der Waals surface area contributed by atoms with Gasteiger partial charge in [0.15, 0.2) is 5.82 Å². The van der Waals surface area contributed by atoms with Crippen LogP contribution in [-0.2, 0) is 20.1 Å². The van der Waals surface area contributed by atoms with Crippen LogP contribution < -0.4 is 5.32 Å². The van der Waals surface area contributed by atoms with Crippen LogP contribution in [0.3, 0.4) is 0 Å². The van der Waals surface area contributed by atoms with Crippen molar-refractivity contribution in [2.45, 2.75) is 20.0 Å². The fraction of sp³-hybridized carbons (Fsp3) is 0.500. The molecular weight excluding hydrogens is 194 g/mol. The van der Waals surface area contributed by atoms with Crippen molar-refractivity contribution in [3.63, 3.8) is 0 Å². The van der Waals surface area contributed by atoms with Gasteiger partial charge in [-0.05, 0) is 6.92 Å². The maximum Gasteiger partial charge on any atom is 0.188 e. The highest BCUT2D eigenvalue weighted by Gasteiger charge is 2.03. The quantitative estimate of drug-likeness (QED) is 0.708. The molecule has 0 aliphatic carbocycles. The molecule has 0 saturated carbocycles. The molecule has 80 valence electrons. The Balaban J connectivity index is 1.86. The van der Waals surface area contributed by atoms with Gasteiger partial charge in [0.05, 0.1) is 12.7 Å². The van der Waals surface area contributed by atoms with Crippen molar-refractivity contribution < 1.29 is 0 Å². The molecule has 2 aromatic heterocycles. The van der Waals surface area contributed by atoms with E-state index in [4.69, 9.17) is 0 Å². The van der Waals surface area contributed by atoms with Crippen LogP contribution in [0.5, 0.6) is 0 Å². The van der Waals surface area contributed by atoms with Gasteiger partial charge in [-0.15, -0.1) is 10.2 Å². The van der Waals surface area contributed by atoms with E-state index in [1.807, 2.05) is 24.9 Å². The Labute approximate surface area is 86.9 Å². The minimum absolute atomic E-state index is 0.602. The summed E-state index contributed by atoms with van der Waals surface area (Å²) in [5, 5.41) is 21.0. The second kappa shape index (κ2) is 4.18. The summed E-state index contributed by atoms with van der Waals surface area (Å²) in [7, 11) is 1.93. The van der Waals surface area contributed by atoms with E-state index in [1.165, 1.54) is 5.56 Å². The predicted octanol–water partition coefficient (Wildman–Crippen LogP) is -0.469. The topological polar surface area (TPSA) is 84.3 Å². The molecule has 0 amide bonds. The molecule has 2 rings (SSSR count). The third kappa shape index (κ3) is 2.18. The lowest BCUT2D eigenvalue weighted by atomic mass is 10.2. The van der Waals surface area contributed by atoms with Gasteiger partial charge in [0.2, 0.25) is 0 Å². The predicted molar refractivity (Wildman–Crippen MR) is 52.7 cm³/mol. The molecule has 7 heteroatoms. The fourth-order valence-electron chi connectivity index (χ4n) is 1.28.